The highest BCUT2D eigenvalue weighted by Crippen LogP contribution is 2.23. The Morgan fingerprint density at radius 3 is 2.36 bits per heavy atom. The number of para-hydroxylation sites is 1. The molecule has 2 heteroatoms. The van der Waals surface area contributed by atoms with Crippen molar-refractivity contribution in [2.24, 2.45) is 0 Å². The zero-order valence-corrected chi connectivity index (χ0v) is 8.78. The van der Waals surface area contributed by atoms with Gasteiger partial charge >= 0.3 is 0 Å². The fourth-order valence-corrected chi connectivity index (χ4v) is 1.02. The maximum absolute atomic E-state index is 9.69. The van der Waals surface area contributed by atoms with Crippen molar-refractivity contribution in [3.8, 4) is 5.75 Å². The maximum atomic E-state index is 9.69. The van der Waals surface area contributed by atoms with Crippen LogP contribution >= 0.6 is 0 Å². The van der Waals surface area contributed by atoms with Crippen LogP contribution in [0.2, 0.25) is 0 Å². The molecule has 0 radical (unpaired) electrons. The topological polar surface area (TPSA) is 40.5 Å². The van der Waals surface area contributed by atoms with Crippen LogP contribution in [0.15, 0.2) is 29.8 Å². The van der Waals surface area contributed by atoms with E-state index in [1.807, 2.05) is 19.1 Å². The van der Waals surface area contributed by atoms with Gasteiger partial charge in [-0.05, 0) is 38.5 Å². The van der Waals surface area contributed by atoms with Crippen LogP contribution in [0, 0.1) is 0 Å². The van der Waals surface area contributed by atoms with Crippen molar-refractivity contribution >= 4 is 6.08 Å². The number of aromatic hydroxyl groups is 1. The van der Waals surface area contributed by atoms with E-state index in [4.69, 9.17) is 0 Å². The molecule has 2 N–H and O–H groups in total. The van der Waals surface area contributed by atoms with Crippen LogP contribution in [0.4, 0.5) is 0 Å². The SMILES string of the molecule is C/C(=C/c1ccccc1O)C(C)(C)O. The molecule has 76 valence electrons. The summed E-state index contributed by atoms with van der Waals surface area (Å²) in [5, 5.41) is 19.2. The minimum absolute atomic E-state index is 0.232. The monoisotopic (exact) mass is 192 g/mol. The van der Waals surface area contributed by atoms with E-state index in [-0.39, 0.29) is 5.75 Å². The zero-order valence-electron chi connectivity index (χ0n) is 8.78. The summed E-state index contributed by atoms with van der Waals surface area (Å²) in [6, 6.07) is 7.06. The van der Waals surface area contributed by atoms with Gasteiger partial charge in [0.2, 0.25) is 0 Å². The van der Waals surface area contributed by atoms with E-state index in [1.54, 1.807) is 32.1 Å². The Hall–Kier alpha value is -1.28. The number of hydrogen-bond donors (Lipinski definition) is 2. The Kier molecular flexibility index (Phi) is 2.96. The molecule has 0 heterocycles. The first kappa shape index (κ1) is 10.8. The van der Waals surface area contributed by atoms with Gasteiger partial charge in [-0.25, -0.2) is 0 Å². The predicted octanol–water partition coefficient (Wildman–Crippen LogP) is 2.57. The van der Waals surface area contributed by atoms with E-state index in [0.717, 1.165) is 11.1 Å². The quantitative estimate of drug-likeness (QED) is 0.756. The number of rotatable bonds is 2. The van der Waals surface area contributed by atoms with Crippen molar-refractivity contribution < 1.29 is 10.2 Å². The molecule has 0 aliphatic carbocycles. The van der Waals surface area contributed by atoms with Crippen LogP contribution in [0.25, 0.3) is 6.08 Å². The lowest BCUT2D eigenvalue weighted by molar-refractivity contribution is 0.121. The molecule has 14 heavy (non-hydrogen) atoms. The lowest BCUT2D eigenvalue weighted by atomic mass is 9.97. The molecule has 1 rings (SSSR count). The average Bonchev–Trinajstić information content (AvgIpc) is 2.07. The minimum Gasteiger partial charge on any atom is -0.507 e. The van der Waals surface area contributed by atoms with Crippen molar-refractivity contribution in [3.63, 3.8) is 0 Å². The Labute approximate surface area is 84.5 Å². The summed E-state index contributed by atoms with van der Waals surface area (Å²) in [6.07, 6.45) is 1.79. The Morgan fingerprint density at radius 2 is 1.86 bits per heavy atom. The summed E-state index contributed by atoms with van der Waals surface area (Å²) in [7, 11) is 0. The van der Waals surface area contributed by atoms with Crippen molar-refractivity contribution in [2.45, 2.75) is 26.4 Å². The second-order valence-electron chi connectivity index (χ2n) is 3.95. The fraction of sp³-hybridized carbons (Fsp3) is 0.333. The molecule has 0 aliphatic heterocycles. The van der Waals surface area contributed by atoms with Gasteiger partial charge in [-0.15, -0.1) is 0 Å². The van der Waals surface area contributed by atoms with Gasteiger partial charge in [0.05, 0.1) is 5.60 Å². The van der Waals surface area contributed by atoms with Gasteiger partial charge in [0.15, 0.2) is 0 Å². The van der Waals surface area contributed by atoms with Gasteiger partial charge in [0.1, 0.15) is 5.75 Å². The average molecular weight is 192 g/mol. The molecule has 0 amide bonds. The van der Waals surface area contributed by atoms with Crippen LogP contribution in [0.3, 0.4) is 0 Å². The molecule has 0 aromatic heterocycles. The first-order valence-corrected chi connectivity index (χ1v) is 4.60. The van der Waals surface area contributed by atoms with Crippen molar-refractivity contribution in [1.29, 1.82) is 0 Å². The second kappa shape index (κ2) is 3.84. The molecule has 0 bridgehead atoms. The summed E-state index contributed by atoms with van der Waals surface area (Å²) in [5.41, 5.74) is 0.702. The summed E-state index contributed by atoms with van der Waals surface area (Å²) >= 11 is 0. The largest absolute Gasteiger partial charge is 0.507 e. The minimum atomic E-state index is -0.845. The number of benzene rings is 1. The summed E-state index contributed by atoms with van der Waals surface area (Å²) in [4.78, 5) is 0. The van der Waals surface area contributed by atoms with Crippen molar-refractivity contribution in [2.75, 3.05) is 0 Å². The zero-order chi connectivity index (χ0) is 10.8. The van der Waals surface area contributed by atoms with Crippen LogP contribution in [-0.2, 0) is 0 Å². The Balaban J connectivity index is 3.04. The van der Waals surface area contributed by atoms with Gasteiger partial charge in [-0.3, -0.25) is 0 Å². The highest BCUT2D eigenvalue weighted by atomic mass is 16.3. The smallest absolute Gasteiger partial charge is 0.122 e. The van der Waals surface area contributed by atoms with Crippen LogP contribution in [0.1, 0.15) is 26.3 Å². The van der Waals surface area contributed by atoms with Gasteiger partial charge in [0.25, 0.3) is 0 Å². The highest BCUT2D eigenvalue weighted by molar-refractivity contribution is 5.60. The summed E-state index contributed by atoms with van der Waals surface area (Å²) in [5.74, 6) is 0.232. The van der Waals surface area contributed by atoms with Crippen LogP contribution in [0.5, 0.6) is 5.75 Å². The lowest BCUT2D eigenvalue weighted by Gasteiger charge is -2.18. The third-order valence-corrected chi connectivity index (χ3v) is 2.27. The molecule has 0 unspecified atom stereocenters. The van der Waals surface area contributed by atoms with Gasteiger partial charge in [0, 0.05) is 5.56 Å². The van der Waals surface area contributed by atoms with Crippen molar-refractivity contribution in [1.82, 2.24) is 0 Å². The Bertz CT molecular complexity index is 346. The molecule has 0 saturated carbocycles. The molecule has 0 atom stereocenters. The van der Waals surface area contributed by atoms with E-state index in [1.165, 1.54) is 0 Å². The molecular formula is C12H16O2. The fourth-order valence-electron chi connectivity index (χ4n) is 1.02. The Morgan fingerprint density at radius 1 is 1.29 bits per heavy atom. The van der Waals surface area contributed by atoms with Crippen LogP contribution < -0.4 is 0 Å². The number of aliphatic hydroxyl groups is 1. The first-order chi connectivity index (χ1) is 6.41. The second-order valence-corrected chi connectivity index (χ2v) is 3.95. The standard InChI is InChI=1S/C12H16O2/c1-9(12(2,3)14)8-10-6-4-5-7-11(10)13/h4-8,13-14H,1-3H3/b9-8-. The molecule has 0 saturated heterocycles. The van der Waals surface area contributed by atoms with E-state index >= 15 is 0 Å². The van der Waals surface area contributed by atoms with E-state index in [0.29, 0.717) is 0 Å². The molecule has 1 aromatic carbocycles. The summed E-state index contributed by atoms with van der Waals surface area (Å²) in [6.45, 7) is 5.28. The predicted molar refractivity (Wildman–Crippen MR) is 58.1 cm³/mol. The number of phenols is 1. The molecular weight excluding hydrogens is 176 g/mol. The molecule has 0 aliphatic rings. The first-order valence-electron chi connectivity index (χ1n) is 4.60. The maximum Gasteiger partial charge on any atom is 0.122 e. The number of hydrogen-bond acceptors (Lipinski definition) is 2. The van der Waals surface area contributed by atoms with E-state index < -0.39 is 5.60 Å². The lowest BCUT2D eigenvalue weighted by Crippen LogP contribution is -2.19. The molecule has 2 nitrogen and oxygen atoms in total. The van der Waals surface area contributed by atoms with Crippen molar-refractivity contribution in [3.05, 3.63) is 35.4 Å². The highest BCUT2D eigenvalue weighted by Gasteiger charge is 2.14. The third-order valence-electron chi connectivity index (χ3n) is 2.27. The normalized spacial score (nSPS) is 13.0. The third kappa shape index (κ3) is 2.60. The van der Waals surface area contributed by atoms with E-state index in [9.17, 15) is 10.2 Å². The molecule has 1 aromatic rings. The van der Waals surface area contributed by atoms with E-state index in [2.05, 4.69) is 0 Å². The molecule has 0 spiro atoms. The van der Waals surface area contributed by atoms with Gasteiger partial charge in [-0.1, -0.05) is 18.2 Å². The van der Waals surface area contributed by atoms with Gasteiger partial charge in [-0.2, -0.15) is 0 Å². The van der Waals surface area contributed by atoms with Crippen LogP contribution in [-0.4, -0.2) is 15.8 Å². The van der Waals surface area contributed by atoms with Gasteiger partial charge < -0.3 is 10.2 Å². The summed E-state index contributed by atoms with van der Waals surface area (Å²) < 4.78 is 0. The molecule has 0 fully saturated rings. The number of phenolic OH excluding ortho intramolecular Hbond substituents is 1.